The molecule has 0 aliphatic carbocycles. The summed E-state index contributed by atoms with van der Waals surface area (Å²) in [5, 5.41) is 26.3. The van der Waals surface area contributed by atoms with Crippen molar-refractivity contribution in [2.24, 2.45) is 0 Å². The van der Waals surface area contributed by atoms with Crippen LogP contribution < -0.4 is 14.5 Å². The molecule has 1 unspecified atom stereocenters. The molecule has 1 N–H and O–H groups in total. The molecular weight excluding hydrogens is 510 g/mol. The summed E-state index contributed by atoms with van der Waals surface area (Å²) in [7, 11) is 0. The highest BCUT2D eigenvalue weighted by molar-refractivity contribution is 5.54. The molecule has 0 saturated carbocycles. The zero-order valence-electron chi connectivity index (χ0n) is 20.9. The summed E-state index contributed by atoms with van der Waals surface area (Å²) >= 11 is 0. The second kappa shape index (κ2) is 11.0. The van der Waals surface area contributed by atoms with Crippen molar-refractivity contribution in [2.45, 2.75) is 12.1 Å². The van der Waals surface area contributed by atoms with E-state index >= 15 is 0 Å². The molecule has 1 aromatic heterocycles. The highest BCUT2D eigenvalue weighted by Gasteiger charge is 2.35. The number of ether oxygens (including phenoxy) is 1. The van der Waals surface area contributed by atoms with Crippen molar-refractivity contribution in [1.29, 1.82) is 0 Å². The largest absolute Gasteiger partial charge is 0.490 e. The molecule has 0 amide bonds. The van der Waals surface area contributed by atoms with E-state index in [9.17, 15) is 24.0 Å². The minimum absolute atomic E-state index is 0.0688. The number of non-ortho nitro benzene ring substituents is 1. The van der Waals surface area contributed by atoms with Crippen LogP contribution in [-0.4, -0.2) is 57.6 Å². The smallest absolute Gasteiger partial charge is 0.269 e. The second-order valence-electron chi connectivity index (χ2n) is 9.28. The Morgan fingerprint density at radius 1 is 0.949 bits per heavy atom. The van der Waals surface area contributed by atoms with Crippen molar-refractivity contribution in [3.8, 4) is 5.75 Å². The zero-order valence-corrected chi connectivity index (χ0v) is 20.9. The van der Waals surface area contributed by atoms with Gasteiger partial charge in [0.05, 0.1) is 11.5 Å². The van der Waals surface area contributed by atoms with Gasteiger partial charge in [-0.2, -0.15) is 5.10 Å². The Balaban J connectivity index is 1.22. The summed E-state index contributed by atoms with van der Waals surface area (Å²) in [6.45, 7) is 2.59. The lowest BCUT2D eigenvalue weighted by molar-refractivity contribution is -0.384. The molecule has 0 bridgehead atoms. The number of anilines is 2. The number of nitro benzene ring substituents is 1. The molecule has 12 heteroatoms. The van der Waals surface area contributed by atoms with Crippen LogP contribution in [0.5, 0.6) is 5.75 Å². The molecule has 3 aromatic carbocycles. The van der Waals surface area contributed by atoms with Gasteiger partial charge in [0.15, 0.2) is 0 Å². The first-order valence-corrected chi connectivity index (χ1v) is 12.3. The van der Waals surface area contributed by atoms with Gasteiger partial charge in [-0.25, -0.2) is 18.4 Å². The predicted molar refractivity (Wildman–Crippen MR) is 140 cm³/mol. The van der Waals surface area contributed by atoms with Crippen LogP contribution in [0.1, 0.15) is 5.56 Å². The SMILES string of the molecule is O=[N+]([O-])c1ccc(N2CCN(c3ccc(OCC(O)(Cn4cncn4)c4ccc(F)cc4F)cc3)CC2)cc1. The van der Waals surface area contributed by atoms with Gasteiger partial charge in [0, 0.05) is 61.3 Å². The molecule has 0 radical (unpaired) electrons. The maximum absolute atomic E-state index is 14.6. The summed E-state index contributed by atoms with van der Waals surface area (Å²) in [6, 6.07) is 16.9. The molecule has 4 aromatic rings. The van der Waals surface area contributed by atoms with Crippen molar-refractivity contribution in [3.63, 3.8) is 0 Å². The quantitative estimate of drug-likeness (QED) is 0.254. The first-order chi connectivity index (χ1) is 18.8. The lowest BCUT2D eigenvalue weighted by Gasteiger charge is -2.37. The lowest BCUT2D eigenvalue weighted by Crippen LogP contribution is -2.46. The summed E-state index contributed by atoms with van der Waals surface area (Å²) in [4.78, 5) is 18.7. The van der Waals surface area contributed by atoms with E-state index < -0.39 is 22.2 Å². The molecule has 1 fully saturated rings. The van der Waals surface area contributed by atoms with Gasteiger partial charge >= 0.3 is 0 Å². The van der Waals surface area contributed by atoms with Crippen molar-refractivity contribution in [1.82, 2.24) is 14.8 Å². The maximum Gasteiger partial charge on any atom is 0.269 e. The third kappa shape index (κ3) is 5.96. The van der Waals surface area contributed by atoms with E-state index in [1.807, 2.05) is 12.1 Å². The fourth-order valence-corrected chi connectivity index (χ4v) is 4.62. The average Bonchev–Trinajstić information content (AvgIpc) is 3.45. The van der Waals surface area contributed by atoms with Crippen LogP contribution in [0.25, 0.3) is 0 Å². The Bertz CT molecular complexity index is 1410. The number of piperazine rings is 1. The Labute approximate surface area is 222 Å². The van der Waals surface area contributed by atoms with Gasteiger partial charge in [0.1, 0.15) is 42.2 Å². The number of rotatable bonds is 9. The fraction of sp³-hybridized carbons (Fsp3) is 0.259. The number of nitro groups is 1. The maximum atomic E-state index is 14.6. The van der Waals surface area contributed by atoms with Crippen molar-refractivity contribution in [2.75, 3.05) is 42.6 Å². The van der Waals surface area contributed by atoms with Gasteiger partial charge < -0.3 is 19.6 Å². The molecule has 2 heterocycles. The van der Waals surface area contributed by atoms with Crippen molar-refractivity contribution < 1.29 is 23.5 Å². The number of nitrogens with zero attached hydrogens (tertiary/aromatic N) is 6. The molecule has 0 spiro atoms. The van der Waals surface area contributed by atoms with Gasteiger partial charge in [-0.3, -0.25) is 10.1 Å². The van der Waals surface area contributed by atoms with Gasteiger partial charge in [-0.1, -0.05) is 6.07 Å². The third-order valence-electron chi connectivity index (χ3n) is 6.71. The van der Waals surface area contributed by atoms with Crippen LogP contribution in [0.2, 0.25) is 0 Å². The minimum atomic E-state index is -1.83. The first kappa shape index (κ1) is 26.0. The Kier molecular flexibility index (Phi) is 7.37. The molecule has 10 nitrogen and oxygen atoms in total. The molecule has 1 saturated heterocycles. The number of halogens is 2. The van der Waals surface area contributed by atoms with Gasteiger partial charge in [0.25, 0.3) is 5.69 Å². The Hall–Kier alpha value is -4.58. The Morgan fingerprint density at radius 3 is 2.10 bits per heavy atom. The predicted octanol–water partition coefficient (Wildman–Crippen LogP) is 3.76. The van der Waals surface area contributed by atoms with E-state index in [2.05, 4.69) is 19.9 Å². The number of aromatic nitrogens is 3. The summed E-state index contributed by atoms with van der Waals surface area (Å²) in [5.41, 5.74) is 0.0626. The standard InChI is InChI=1S/C27H26F2N6O4/c28-20-1-10-25(26(29)15-20)27(36,16-34-19-30-18-31-34)17-39-24-8-6-22(7-9-24)33-13-11-32(12-14-33)21-2-4-23(5-3-21)35(37)38/h1-10,15,18-19,36H,11-14,16-17H2. The van der Waals surface area contributed by atoms with Gasteiger partial charge in [0.2, 0.25) is 0 Å². The van der Waals surface area contributed by atoms with Crippen LogP contribution >= 0.6 is 0 Å². The normalized spacial score (nSPS) is 15.2. The summed E-state index contributed by atoms with van der Waals surface area (Å²) < 4.78 is 35.3. The highest BCUT2D eigenvalue weighted by atomic mass is 19.1. The number of aliphatic hydroxyl groups is 1. The van der Waals surface area contributed by atoms with E-state index in [0.717, 1.165) is 49.7 Å². The molecule has 1 aliphatic rings. The average molecular weight is 537 g/mol. The van der Waals surface area contributed by atoms with Crippen molar-refractivity contribution in [3.05, 3.63) is 107 Å². The van der Waals surface area contributed by atoms with Crippen LogP contribution in [-0.2, 0) is 12.1 Å². The van der Waals surface area contributed by atoms with Crippen LogP contribution in [0.3, 0.4) is 0 Å². The fourth-order valence-electron chi connectivity index (χ4n) is 4.62. The molecular formula is C27H26F2N6O4. The van der Waals surface area contributed by atoms with E-state index in [-0.39, 0.29) is 24.4 Å². The molecule has 1 atom stereocenters. The zero-order chi connectivity index (χ0) is 27.4. The minimum Gasteiger partial charge on any atom is -0.490 e. The summed E-state index contributed by atoms with van der Waals surface area (Å²) in [5.74, 6) is -1.16. The number of benzene rings is 3. The van der Waals surface area contributed by atoms with Gasteiger partial charge in [-0.05, 0) is 42.5 Å². The molecule has 39 heavy (non-hydrogen) atoms. The van der Waals surface area contributed by atoms with E-state index in [0.29, 0.717) is 5.75 Å². The van der Waals surface area contributed by atoms with Crippen molar-refractivity contribution >= 4 is 17.1 Å². The monoisotopic (exact) mass is 536 g/mol. The second-order valence-corrected chi connectivity index (χ2v) is 9.28. The Morgan fingerprint density at radius 2 is 1.56 bits per heavy atom. The summed E-state index contributed by atoms with van der Waals surface area (Å²) in [6.07, 6.45) is 2.69. The molecule has 5 rings (SSSR count). The molecule has 1 aliphatic heterocycles. The highest BCUT2D eigenvalue weighted by Crippen LogP contribution is 2.29. The lowest BCUT2D eigenvalue weighted by atomic mass is 9.94. The number of hydrogen-bond donors (Lipinski definition) is 1. The molecule has 202 valence electrons. The van der Waals surface area contributed by atoms with Crippen LogP contribution in [0.15, 0.2) is 79.4 Å². The van der Waals surface area contributed by atoms with E-state index in [1.165, 1.54) is 35.5 Å². The van der Waals surface area contributed by atoms with E-state index in [4.69, 9.17) is 4.74 Å². The van der Waals surface area contributed by atoms with Crippen LogP contribution in [0.4, 0.5) is 25.8 Å². The topological polar surface area (TPSA) is 110 Å². The third-order valence-corrected chi connectivity index (χ3v) is 6.71. The van der Waals surface area contributed by atoms with E-state index in [1.54, 1.807) is 24.3 Å². The van der Waals surface area contributed by atoms with Gasteiger partial charge in [-0.15, -0.1) is 0 Å². The first-order valence-electron chi connectivity index (χ1n) is 12.3. The number of hydrogen-bond acceptors (Lipinski definition) is 8. The van der Waals surface area contributed by atoms with Crippen LogP contribution in [0, 0.1) is 21.7 Å².